The number of hydrogen-bond acceptors (Lipinski definition) is 7. The number of carbonyl (C=O) groups excluding carboxylic acids is 2. The van der Waals surface area contributed by atoms with Crippen molar-refractivity contribution >= 4 is 35.0 Å². The molecule has 138 valence electrons. The first-order valence-corrected chi connectivity index (χ1v) is 9.08. The lowest BCUT2D eigenvalue weighted by Gasteiger charge is -2.17. The van der Waals surface area contributed by atoms with Gasteiger partial charge in [-0.15, -0.1) is 5.10 Å². The number of amidine groups is 1. The van der Waals surface area contributed by atoms with Gasteiger partial charge in [-0.3, -0.25) is 15.0 Å². The number of nitrogens with one attached hydrogen (secondary N) is 1. The molecule has 7 nitrogen and oxygen atoms in total. The van der Waals surface area contributed by atoms with Crippen LogP contribution in [0.3, 0.4) is 0 Å². The molecule has 1 saturated heterocycles. The van der Waals surface area contributed by atoms with Crippen LogP contribution in [0.2, 0.25) is 0 Å². The maximum atomic E-state index is 11.7. The third kappa shape index (κ3) is 5.82. The minimum Gasteiger partial charge on any atom is -0.466 e. The van der Waals surface area contributed by atoms with Gasteiger partial charge in [-0.1, -0.05) is 38.1 Å². The second kappa shape index (κ2) is 9.88. The van der Waals surface area contributed by atoms with Crippen molar-refractivity contribution in [1.29, 1.82) is 0 Å². The van der Waals surface area contributed by atoms with Crippen molar-refractivity contribution in [2.24, 2.45) is 10.2 Å². The van der Waals surface area contributed by atoms with Crippen LogP contribution >= 0.6 is 11.8 Å². The van der Waals surface area contributed by atoms with Crippen molar-refractivity contribution < 1.29 is 14.3 Å². The Labute approximate surface area is 157 Å². The molecule has 1 fully saturated rings. The van der Waals surface area contributed by atoms with E-state index in [9.17, 15) is 9.59 Å². The van der Waals surface area contributed by atoms with Gasteiger partial charge in [0.05, 0.1) is 18.2 Å². The average molecular weight is 374 g/mol. The maximum Gasteiger partial charge on any atom is 0.331 e. The monoisotopic (exact) mass is 374 g/mol. The molecule has 0 atom stereocenters. The fraction of sp³-hybridized carbons (Fsp3) is 0.333. The maximum absolute atomic E-state index is 11.7. The summed E-state index contributed by atoms with van der Waals surface area (Å²) in [6.45, 7) is 7.26. The summed E-state index contributed by atoms with van der Waals surface area (Å²) in [7, 11) is 1.25. The van der Waals surface area contributed by atoms with Crippen LogP contribution in [0.15, 0.2) is 45.4 Å². The standard InChI is InChI=1S/C18H22N4O3S/c1-4-22(5-2)12-14-8-6-13(7-9-14)11-19-21-18-20-17(24)15(26-18)10-16(23)25-3/h6-11H,4-5,12H2,1-3H3,(H,20,21,24)/b15-10+,19-11?. The van der Waals surface area contributed by atoms with E-state index >= 15 is 0 Å². The Morgan fingerprint density at radius 2 is 1.96 bits per heavy atom. The van der Waals surface area contributed by atoms with E-state index in [0.29, 0.717) is 5.17 Å². The van der Waals surface area contributed by atoms with Gasteiger partial charge in [0.2, 0.25) is 0 Å². The predicted molar refractivity (Wildman–Crippen MR) is 104 cm³/mol. The quantitative estimate of drug-likeness (QED) is 0.342. The third-order valence-electron chi connectivity index (χ3n) is 3.74. The number of hydrogen-bond donors (Lipinski definition) is 1. The second-order valence-corrected chi connectivity index (χ2v) is 6.47. The van der Waals surface area contributed by atoms with Crippen molar-refractivity contribution in [3.8, 4) is 0 Å². The smallest absolute Gasteiger partial charge is 0.331 e. The van der Waals surface area contributed by atoms with E-state index < -0.39 is 11.9 Å². The highest BCUT2D eigenvalue weighted by Gasteiger charge is 2.24. The molecule has 2 rings (SSSR count). The fourth-order valence-electron chi connectivity index (χ4n) is 2.20. The van der Waals surface area contributed by atoms with E-state index in [-0.39, 0.29) is 4.91 Å². The highest BCUT2D eigenvalue weighted by molar-refractivity contribution is 8.18. The lowest BCUT2D eigenvalue weighted by atomic mass is 10.1. The molecule has 1 heterocycles. The molecule has 1 aromatic rings. The summed E-state index contributed by atoms with van der Waals surface area (Å²) in [5.41, 5.74) is 2.16. The molecule has 8 heteroatoms. The summed E-state index contributed by atoms with van der Waals surface area (Å²) in [5.74, 6) is -0.979. The van der Waals surface area contributed by atoms with Crippen LogP contribution < -0.4 is 5.32 Å². The summed E-state index contributed by atoms with van der Waals surface area (Å²) in [5, 5.41) is 10.8. The Balaban J connectivity index is 1.96. The van der Waals surface area contributed by atoms with Crippen LogP contribution in [0, 0.1) is 0 Å². The molecular weight excluding hydrogens is 352 g/mol. The number of esters is 1. The minimum atomic E-state index is -0.586. The molecule has 0 aliphatic carbocycles. The van der Waals surface area contributed by atoms with Gasteiger partial charge in [0.25, 0.3) is 5.91 Å². The van der Waals surface area contributed by atoms with E-state index in [1.807, 2.05) is 12.1 Å². The van der Waals surface area contributed by atoms with Gasteiger partial charge in [0, 0.05) is 12.6 Å². The zero-order valence-corrected chi connectivity index (χ0v) is 15.9. The van der Waals surface area contributed by atoms with Gasteiger partial charge in [-0.2, -0.15) is 5.10 Å². The topological polar surface area (TPSA) is 83.4 Å². The highest BCUT2D eigenvalue weighted by Crippen LogP contribution is 2.23. The van der Waals surface area contributed by atoms with Crippen LogP contribution in [0.5, 0.6) is 0 Å². The Morgan fingerprint density at radius 1 is 1.27 bits per heavy atom. The Morgan fingerprint density at radius 3 is 2.58 bits per heavy atom. The third-order valence-corrected chi connectivity index (χ3v) is 4.64. The van der Waals surface area contributed by atoms with Gasteiger partial charge in [0.15, 0.2) is 5.17 Å². The Bertz CT molecular complexity index is 737. The molecule has 1 aliphatic rings. The molecule has 0 saturated carbocycles. The number of thioether (sulfide) groups is 1. The van der Waals surface area contributed by atoms with Crippen LogP contribution in [0.4, 0.5) is 0 Å². The van der Waals surface area contributed by atoms with E-state index in [2.05, 4.69) is 51.1 Å². The summed E-state index contributed by atoms with van der Waals surface area (Å²) >= 11 is 1.04. The molecule has 1 aromatic carbocycles. The number of nitrogens with zero attached hydrogens (tertiary/aromatic N) is 3. The van der Waals surface area contributed by atoms with Gasteiger partial charge >= 0.3 is 5.97 Å². The van der Waals surface area contributed by atoms with E-state index in [0.717, 1.165) is 43.0 Å². The highest BCUT2D eigenvalue weighted by atomic mass is 32.2. The lowest BCUT2D eigenvalue weighted by molar-refractivity contribution is -0.135. The largest absolute Gasteiger partial charge is 0.466 e. The minimum absolute atomic E-state index is 0.228. The number of benzene rings is 1. The van der Waals surface area contributed by atoms with Crippen LogP contribution in [-0.4, -0.2) is 48.4 Å². The van der Waals surface area contributed by atoms with Crippen molar-refractivity contribution in [2.75, 3.05) is 20.2 Å². The van der Waals surface area contributed by atoms with Crippen molar-refractivity contribution in [2.45, 2.75) is 20.4 Å². The molecule has 0 radical (unpaired) electrons. The summed E-state index contributed by atoms with van der Waals surface area (Å²) in [4.78, 5) is 25.5. The lowest BCUT2D eigenvalue weighted by Crippen LogP contribution is -2.21. The first-order chi connectivity index (χ1) is 12.5. The summed E-state index contributed by atoms with van der Waals surface area (Å²) in [6.07, 6.45) is 2.74. The van der Waals surface area contributed by atoms with Gasteiger partial charge < -0.3 is 4.74 Å². The van der Waals surface area contributed by atoms with E-state index in [4.69, 9.17) is 0 Å². The van der Waals surface area contributed by atoms with Gasteiger partial charge in [-0.05, 0) is 36.0 Å². The van der Waals surface area contributed by atoms with Crippen molar-refractivity contribution in [3.63, 3.8) is 0 Å². The zero-order chi connectivity index (χ0) is 18.9. The molecule has 0 spiro atoms. The number of amides is 1. The van der Waals surface area contributed by atoms with Crippen molar-refractivity contribution in [3.05, 3.63) is 46.4 Å². The number of ether oxygens (including phenoxy) is 1. The first kappa shape index (κ1) is 19.9. The van der Waals surface area contributed by atoms with Crippen molar-refractivity contribution in [1.82, 2.24) is 10.2 Å². The summed E-state index contributed by atoms with van der Waals surface area (Å²) in [6, 6.07) is 8.09. The molecular formula is C18H22N4O3S. The number of carbonyl (C=O) groups is 2. The molecule has 0 aromatic heterocycles. The van der Waals surface area contributed by atoms with Crippen LogP contribution in [0.1, 0.15) is 25.0 Å². The van der Waals surface area contributed by atoms with Crippen LogP contribution in [-0.2, 0) is 20.9 Å². The normalized spacial score (nSPS) is 17.5. The predicted octanol–water partition coefficient (Wildman–Crippen LogP) is 2.14. The van der Waals surface area contributed by atoms with E-state index in [1.54, 1.807) is 6.21 Å². The van der Waals surface area contributed by atoms with Gasteiger partial charge in [0.1, 0.15) is 0 Å². The molecule has 0 unspecified atom stereocenters. The first-order valence-electron chi connectivity index (χ1n) is 8.26. The van der Waals surface area contributed by atoms with Crippen LogP contribution in [0.25, 0.3) is 0 Å². The molecule has 1 N–H and O–H groups in total. The fourth-order valence-corrected chi connectivity index (χ4v) is 2.94. The number of methoxy groups -OCH3 is 1. The summed E-state index contributed by atoms with van der Waals surface area (Å²) < 4.78 is 4.50. The average Bonchev–Trinajstić information content (AvgIpc) is 3.00. The molecule has 1 aliphatic heterocycles. The van der Waals surface area contributed by atoms with Gasteiger partial charge in [-0.25, -0.2) is 4.79 Å². The number of rotatable bonds is 7. The van der Waals surface area contributed by atoms with E-state index in [1.165, 1.54) is 12.7 Å². The Kier molecular flexibility index (Phi) is 7.55. The molecule has 1 amide bonds. The zero-order valence-electron chi connectivity index (χ0n) is 15.1. The molecule has 26 heavy (non-hydrogen) atoms. The second-order valence-electron chi connectivity index (χ2n) is 5.44. The Hall–Kier alpha value is -2.45. The SMILES string of the molecule is CCN(CC)Cc1ccc(C=N/N=C2/NC(=O)/C(=C\C(=O)OC)S2)cc1. The molecule has 0 bridgehead atoms.